The van der Waals surface area contributed by atoms with E-state index in [2.05, 4.69) is 0 Å². The smallest absolute Gasteiger partial charge is 0.341 e. The lowest BCUT2D eigenvalue weighted by Gasteiger charge is -2.09. The number of thiophene rings is 1. The number of carbonyl (C=O) groups excluding carboxylic acids is 1. The number of nitrogen functional groups attached to an aromatic ring is 1. The van der Waals surface area contributed by atoms with Crippen LogP contribution in [0, 0.1) is 5.92 Å². The molecular weight excluding hydrogens is 258 g/mol. The summed E-state index contributed by atoms with van der Waals surface area (Å²) in [6.07, 6.45) is 0. The lowest BCUT2D eigenvalue weighted by atomic mass is 10.0. The van der Waals surface area contributed by atoms with Gasteiger partial charge < -0.3 is 10.5 Å². The van der Waals surface area contributed by atoms with E-state index in [1.807, 2.05) is 49.6 Å². The van der Waals surface area contributed by atoms with Crippen molar-refractivity contribution in [3.05, 3.63) is 41.3 Å². The van der Waals surface area contributed by atoms with E-state index in [9.17, 15) is 4.79 Å². The highest BCUT2D eigenvalue weighted by molar-refractivity contribution is 7.14. The van der Waals surface area contributed by atoms with Crippen LogP contribution in [-0.2, 0) is 4.74 Å². The number of benzene rings is 1. The van der Waals surface area contributed by atoms with E-state index in [0.29, 0.717) is 23.1 Å². The molecule has 100 valence electrons. The highest BCUT2D eigenvalue weighted by Crippen LogP contribution is 2.34. The highest BCUT2D eigenvalue weighted by atomic mass is 32.1. The summed E-state index contributed by atoms with van der Waals surface area (Å²) >= 11 is 1.37. The molecule has 0 radical (unpaired) electrons. The first-order valence-corrected chi connectivity index (χ1v) is 7.07. The van der Waals surface area contributed by atoms with Crippen LogP contribution in [0.3, 0.4) is 0 Å². The van der Waals surface area contributed by atoms with Crippen molar-refractivity contribution in [1.82, 2.24) is 0 Å². The number of ether oxygens (including phenoxy) is 1. The van der Waals surface area contributed by atoms with Gasteiger partial charge in [0.05, 0.1) is 6.61 Å². The molecule has 0 spiro atoms. The molecule has 0 saturated heterocycles. The molecule has 4 heteroatoms. The number of anilines is 1. The molecule has 19 heavy (non-hydrogen) atoms. The Morgan fingerprint density at radius 3 is 2.63 bits per heavy atom. The summed E-state index contributed by atoms with van der Waals surface area (Å²) in [6.45, 7) is 4.41. The molecule has 0 fully saturated rings. The summed E-state index contributed by atoms with van der Waals surface area (Å²) in [7, 11) is 0. The van der Waals surface area contributed by atoms with Crippen LogP contribution in [0.2, 0.25) is 0 Å². The average molecular weight is 275 g/mol. The monoisotopic (exact) mass is 275 g/mol. The molecular formula is C15H17NO2S. The topological polar surface area (TPSA) is 52.3 Å². The Balaban J connectivity index is 2.30. The predicted molar refractivity (Wildman–Crippen MR) is 79.3 cm³/mol. The van der Waals surface area contributed by atoms with E-state index in [4.69, 9.17) is 10.5 Å². The van der Waals surface area contributed by atoms with Crippen LogP contribution in [0.1, 0.15) is 24.2 Å². The van der Waals surface area contributed by atoms with E-state index in [1.54, 1.807) is 0 Å². The SMILES string of the molecule is CC(C)COC(=O)c1c(-c2ccccc2)csc1N. The van der Waals surface area contributed by atoms with Crippen molar-refractivity contribution in [1.29, 1.82) is 0 Å². The zero-order valence-electron chi connectivity index (χ0n) is 11.1. The molecule has 3 nitrogen and oxygen atoms in total. The molecule has 0 aliphatic rings. The van der Waals surface area contributed by atoms with Crippen LogP contribution in [-0.4, -0.2) is 12.6 Å². The number of hydrogen-bond acceptors (Lipinski definition) is 4. The number of carbonyl (C=O) groups is 1. The Labute approximate surface area is 117 Å². The number of nitrogens with two attached hydrogens (primary N) is 1. The van der Waals surface area contributed by atoms with Crippen LogP contribution in [0.25, 0.3) is 11.1 Å². The van der Waals surface area contributed by atoms with Crippen molar-refractivity contribution in [2.75, 3.05) is 12.3 Å². The van der Waals surface area contributed by atoms with Gasteiger partial charge in [-0.15, -0.1) is 11.3 Å². The fraction of sp³-hybridized carbons (Fsp3) is 0.267. The summed E-state index contributed by atoms with van der Waals surface area (Å²) in [5, 5.41) is 2.41. The second-order valence-corrected chi connectivity index (χ2v) is 5.66. The maximum absolute atomic E-state index is 12.1. The zero-order chi connectivity index (χ0) is 13.8. The minimum Gasteiger partial charge on any atom is -0.462 e. The zero-order valence-corrected chi connectivity index (χ0v) is 11.9. The summed E-state index contributed by atoms with van der Waals surface area (Å²) in [5.74, 6) is -0.0321. The molecule has 0 aliphatic carbocycles. The quantitative estimate of drug-likeness (QED) is 0.863. The van der Waals surface area contributed by atoms with E-state index in [-0.39, 0.29) is 5.97 Å². The van der Waals surface area contributed by atoms with Crippen molar-refractivity contribution in [2.45, 2.75) is 13.8 Å². The third-order valence-electron chi connectivity index (χ3n) is 2.66. The second-order valence-electron chi connectivity index (χ2n) is 4.75. The van der Waals surface area contributed by atoms with Crippen molar-refractivity contribution in [3.8, 4) is 11.1 Å². The van der Waals surface area contributed by atoms with E-state index in [1.165, 1.54) is 11.3 Å². The predicted octanol–water partition coefficient (Wildman–Crippen LogP) is 3.81. The Morgan fingerprint density at radius 2 is 2.00 bits per heavy atom. The molecule has 0 amide bonds. The summed E-state index contributed by atoms with van der Waals surface area (Å²) < 4.78 is 5.28. The fourth-order valence-electron chi connectivity index (χ4n) is 1.73. The van der Waals surface area contributed by atoms with Crippen LogP contribution in [0.4, 0.5) is 5.00 Å². The van der Waals surface area contributed by atoms with Gasteiger partial charge >= 0.3 is 5.97 Å². The molecule has 1 aromatic heterocycles. The normalized spacial score (nSPS) is 10.7. The first kappa shape index (κ1) is 13.6. The highest BCUT2D eigenvalue weighted by Gasteiger charge is 2.20. The molecule has 2 rings (SSSR count). The Morgan fingerprint density at radius 1 is 1.32 bits per heavy atom. The molecule has 2 N–H and O–H groups in total. The van der Waals surface area contributed by atoms with Crippen LogP contribution >= 0.6 is 11.3 Å². The first-order valence-electron chi connectivity index (χ1n) is 6.19. The maximum Gasteiger partial charge on any atom is 0.341 e. The maximum atomic E-state index is 12.1. The van der Waals surface area contributed by atoms with Crippen molar-refractivity contribution < 1.29 is 9.53 Å². The minimum absolute atomic E-state index is 0.309. The van der Waals surface area contributed by atoms with Gasteiger partial charge in [0.25, 0.3) is 0 Å². The number of rotatable bonds is 4. The van der Waals surface area contributed by atoms with Crippen molar-refractivity contribution >= 4 is 22.3 Å². The minimum atomic E-state index is -0.341. The van der Waals surface area contributed by atoms with E-state index < -0.39 is 0 Å². The van der Waals surface area contributed by atoms with Gasteiger partial charge in [-0.25, -0.2) is 4.79 Å². The third kappa shape index (κ3) is 3.15. The van der Waals surface area contributed by atoms with Crippen LogP contribution in [0.15, 0.2) is 35.7 Å². The van der Waals surface area contributed by atoms with Crippen molar-refractivity contribution in [2.24, 2.45) is 5.92 Å². The summed E-state index contributed by atoms with van der Waals surface area (Å²) in [6, 6.07) is 9.73. The van der Waals surface area contributed by atoms with Crippen LogP contribution in [0.5, 0.6) is 0 Å². The van der Waals surface area contributed by atoms with E-state index >= 15 is 0 Å². The largest absolute Gasteiger partial charge is 0.462 e. The Kier molecular flexibility index (Phi) is 4.22. The average Bonchev–Trinajstić information content (AvgIpc) is 2.79. The van der Waals surface area contributed by atoms with Gasteiger partial charge in [0.2, 0.25) is 0 Å². The van der Waals surface area contributed by atoms with Crippen molar-refractivity contribution in [3.63, 3.8) is 0 Å². The van der Waals surface area contributed by atoms with Gasteiger partial charge in [0.1, 0.15) is 10.6 Å². The Hall–Kier alpha value is -1.81. The number of esters is 1. The molecule has 2 aromatic rings. The number of hydrogen-bond donors (Lipinski definition) is 1. The molecule has 0 atom stereocenters. The molecule has 0 aliphatic heterocycles. The molecule has 0 bridgehead atoms. The first-order chi connectivity index (χ1) is 9.09. The fourth-order valence-corrected chi connectivity index (χ4v) is 2.54. The lowest BCUT2D eigenvalue weighted by Crippen LogP contribution is -2.11. The van der Waals surface area contributed by atoms with Gasteiger partial charge in [0, 0.05) is 10.9 Å². The van der Waals surface area contributed by atoms with Gasteiger partial charge in [-0.2, -0.15) is 0 Å². The van der Waals surface area contributed by atoms with Gasteiger partial charge in [-0.3, -0.25) is 0 Å². The standard InChI is InChI=1S/C15H17NO2S/c1-10(2)8-18-15(17)13-12(9-19-14(13)16)11-6-4-3-5-7-11/h3-7,9-10H,8,16H2,1-2H3. The lowest BCUT2D eigenvalue weighted by molar-refractivity contribution is 0.0461. The third-order valence-corrected chi connectivity index (χ3v) is 3.47. The summed E-state index contributed by atoms with van der Waals surface area (Å²) in [5.41, 5.74) is 8.21. The van der Waals surface area contributed by atoms with Crippen LogP contribution < -0.4 is 5.73 Å². The molecule has 0 saturated carbocycles. The summed E-state index contributed by atoms with van der Waals surface area (Å²) in [4.78, 5) is 12.1. The molecule has 1 heterocycles. The Bertz CT molecular complexity index is 561. The van der Waals surface area contributed by atoms with Gasteiger partial charge in [-0.05, 0) is 11.5 Å². The second kappa shape index (κ2) is 5.89. The van der Waals surface area contributed by atoms with Gasteiger partial charge in [-0.1, -0.05) is 44.2 Å². The van der Waals surface area contributed by atoms with Gasteiger partial charge in [0.15, 0.2) is 0 Å². The van der Waals surface area contributed by atoms with E-state index in [0.717, 1.165) is 11.1 Å². The molecule has 1 aromatic carbocycles. The molecule has 0 unspecified atom stereocenters.